The fourth-order valence-electron chi connectivity index (χ4n) is 0.781. The topological polar surface area (TPSA) is 0 Å². The third-order valence-corrected chi connectivity index (χ3v) is 1.22. The predicted octanol–water partition coefficient (Wildman–Crippen LogP) is 3.61. The minimum Gasteiger partial charge on any atom is -0.103 e. The molecular weight excluding hydrogens is 144 g/mol. The molecule has 0 N–H and O–H groups in total. The summed E-state index contributed by atoms with van der Waals surface area (Å²) in [4.78, 5) is 0. The summed E-state index contributed by atoms with van der Waals surface area (Å²) in [5, 5.41) is 0. The molecule has 0 aliphatic heterocycles. The van der Waals surface area contributed by atoms with E-state index in [-0.39, 0.29) is 0 Å². The Balaban J connectivity index is 0.000000354. The van der Waals surface area contributed by atoms with Gasteiger partial charge in [0.25, 0.3) is 0 Å². The Bertz CT molecular complexity index is 209. The Hall–Kier alpha value is -1.30. The van der Waals surface area contributed by atoms with Crippen molar-refractivity contribution in [2.24, 2.45) is 0 Å². The van der Waals surface area contributed by atoms with Crippen LogP contribution in [0.15, 0.2) is 55.6 Å². The summed E-state index contributed by atoms with van der Waals surface area (Å²) in [6.07, 6.45) is 4.64. The molecule has 0 unspecified atom stereocenters. The second kappa shape index (κ2) is 7.80. The van der Waals surface area contributed by atoms with Gasteiger partial charge in [0.2, 0.25) is 0 Å². The zero-order valence-electron chi connectivity index (χ0n) is 7.66. The van der Waals surface area contributed by atoms with Crippen LogP contribution in [0.25, 0.3) is 0 Å². The molecule has 0 radical (unpaired) electrons. The summed E-state index contributed by atoms with van der Waals surface area (Å²) in [6.45, 7) is 8.91. The van der Waals surface area contributed by atoms with Crippen LogP contribution >= 0.6 is 0 Å². The SMILES string of the molecule is C=CC.C=CCc1ccccc1. The highest BCUT2D eigenvalue weighted by Gasteiger charge is 1.82. The van der Waals surface area contributed by atoms with E-state index in [9.17, 15) is 0 Å². The van der Waals surface area contributed by atoms with Gasteiger partial charge in [-0.05, 0) is 18.9 Å². The molecule has 12 heavy (non-hydrogen) atoms. The first-order valence-electron chi connectivity index (χ1n) is 4.07. The molecule has 0 aliphatic rings. The van der Waals surface area contributed by atoms with Gasteiger partial charge in [-0.2, -0.15) is 0 Å². The molecule has 0 bridgehead atoms. The quantitative estimate of drug-likeness (QED) is 0.580. The lowest BCUT2D eigenvalue weighted by atomic mass is 10.2. The lowest BCUT2D eigenvalue weighted by Crippen LogP contribution is -1.75. The van der Waals surface area contributed by atoms with Gasteiger partial charge in [-0.3, -0.25) is 0 Å². The zero-order chi connectivity index (χ0) is 9.23. The van der Waals surface area contributed by atoms with Crippen LogP contribution in [-0.4, -0.2) is 0 Å². The second-order valence-electron chi connectivity index (χ2n) is 2.39. The number of allylic oxidation sites excluding steroid dienone is 2. The van der Waals surface area contributed by atoms with Crippen molar-refractivity contribution >= 4 is 0 Å². The van der Waals surface area contributed by atoms with Crippen molar-refractivity contribution in [2.75, 3.05) is 0 Å². The standard InChI is InChI=1S/C9H10.C3H6/c1-2-6-9-7-4-3-5-8-9;1-3-2/h2-5,7-8H,1,6H2;3H,1H2,2H3. The Kier molecular flexibility index (Phi) is 6.96. The van der Waals surface area contributed by atoms with E-state index in [1.807, 2.05) is 31.2 Å². The first-order chi connectivity index (χ1) is 5.85. The van der Waals surface area contributed by atoms with Crippen LogP contribution in [0.3, 0.4) is 0 Å². The minimum absolute atomic E-state index is 0.973. The van der Waals surface area contributed by atoms with Crippen molar-refractivity contribution in [1.29, 1.82) is 0 Å². The van der Waals surface area contributed by atoms with Gasteiger partial charge in [-0.15, -0.1) is 13.2 Å². The average molecular weight is 160 g/mol. The molecule has 1 aromatic carbocycles. The Morgan fingerprint density at radius 1 is 1.17 bits per heavy atom. The van der Waals surface area contributed by atoms with Crippen LogP contribution in [0.5, 0.6) is 0 Å². The van der Waals surface area contributed by atoms with Crippen LogP contribution < -0.4 is 0 Å². The van der Waals surface area contributed by atoms with Crippen molar-refractivity contribution in [1.82, 2.24) is 0 Å². The summed E-state index contributed by atoms with van der Waals surface area (Å²) in [5.41, 5.74) is 1.33. The first kappa shape index (κ1) is 10.7. The van der Waals surface area contributed by atoms with E-state index in [1.165, 1.54) is 5.56 Å². The van der Waals surface area contributed by atoms with E-state index in [2.05, 4.69) is 25.3 Å². The van der Waals surface area contributed by atoms with Gasteiger partial charge in [0.1, 0.15) is 0 Å². The van der Waals surface area contributed by atoms with Gasteiger partial charge < -0.3 is 0 Å². The summed E-state index contributed by atoms with van der Waals surface area (Å²) in [7, 11) is 0. The highest BCUT2D eigenvalue weighted by atomic mass is 13.9. The Morgan fingerprint density at radius 2 is 1.67 bits per heavy atom. The van der Waals surface area contributed by atoms with Gasteiger partial charge >= 0.3 is 0 Å². The van der Waals surface area contributed by atoms with Gasteiger partial charge in [0.05, 0.1) is 0 Å². The molecule has 0 saturated heterocycles. The minimum atomic E-state index is 0.973. The summed E-state index contributed by atoms with van der Waals surface area (Å²) in [5.74, 6) is 0. The number of hydrogen-bond donors (Lipinski definition) is 0. The molecule has 0 spiro atoms. The summed E-state index contributed by atoms with van der Waals surface area (Å²) in [6, 6.07) is 10.3. The molecule has 0 aliphatic carbocycles. The molecule has 0 heteroatoms. The summed E-state index contributed by atoms with van der Waals surface area (Å²) < 4.78 is 0. The molecule has 0 amide bonds. The Labute approximate surface area is 75.2 Å². The lowest BCUT2D eigenvalue weighted by molar-refractivity contribution is 1.28. The van der Waals surface area contributed by atoms with Crippen molar-refractivity contribution in [3.05, 3.63) is 61.2 Å². The van der Waals surface area contributed by atoms with E-state index in [0.29, 0.717) is 0 Å². The van der Waals surface area contributed by atoms with Crippen molar-refractivity contribution in [3.63, 3.8) is 0 Å². The van der Waals surface area contributed by atoms with E-state index in [1.54, 1.807) is 6.08 Å². The maximum atomic E-state index is 3.66. The fourth-order valence-corrected chi connectivity index (χ4v) is 0.781. The predicted molar refractivity (Wildman–Crippen MR) is 56.2 cm³/mol. The lowest BCUT2D eigenvalue weighted by Gasteiger charge is -1.91. The molecule has 0 atom stereocenters. The largest absolute Gasteiger partial charge is 0.103 e. The average Bonchev–Trinajstić information content (AvgIpc) is 2.08. The Morgan fingerprint density at radius 3 is 2.08 bits per heavy atom. The molecule has 1 aromatic rings. The van der Waals surface area contributed by atoms with Gasteiger partial charge in [0, 0.05) is 0 Å². The zero-order valence-corrected chi connectivity index (χ0v) is 7.66. The van der Waals surface area contributed by atoms with Crippen LogP contribution in [0.4, 0.5) is 0 Å². The monoisotopic (exact) mass is 160 g/mol. The normalized spacial score (nSPS) is 7.75. The number of benzene rings is 1. The second-order valence-corrected chi connectivity index (χ2v) is 2.39. The van der Waals surface area contributed by atoms with E-state index in [4.69, 9.17) is 0 Å². The van der Waals surface area contributed by atoms with Gasteiger partial charge in [-0.1, -0.05) is 42.5 Å². The molecule has 0 aromatic heterocycles. The summed E-state index contributed by atoms with van der Waals surface area (Å²) >= 11 is 0. The van der Waals surface area contributed by atoms with Crippen LogP contribution in [0.1, 0.15) is 12.5 Å². The number of rotatable bonds is 2. The van der Waals surface area contributed by atoms with Gasteiger partial charge in [0.15, 0.2) is 0 Å². The molecule has 64 valence electrons. The highest BCUT2D eigenvalue weighted by molar-refractivity contribution is 5.16. The van der Waals surface area contributed by atoms with E-state index in [0.717, 1.165) is 6.42 Å². The third kappa shape index (κ3) is 5.48. The molecular formula is C12H16. The van der Waals surface area contributed by atoms with Crippen LogP contribution in [0, 0.1) is 0 Å². The molecule has 0 fully saturated rings. The smallest absolute Gasteiger partial charge is 0.0100 e. The number of hydrogen-bond acceptors (Lipinski definition) is 0. The third-order valence-electron chi connectivity index (χ3n) is 1.22. The molecule has 0 nitrogen and oxygen atoms in total. The van der Waals surface area contributed by atoms with E-state index < -0.39 is 0 Å². The molecule has 0 heterocycles. The van der Waals surface area contributed by atoms with Crippen LogP contribution in [0.2, 0.25) is 0 Å². The molecule has 1 rings (SSSR count). The maximum Gasteiger partial charge on any atom is -0.0100 e. The fraction of sp³-hybridized carbons (Fsp3) is 0.167. The van der Waals surface area contributed by atoms with Crippen molar-refractivity contribution in [2.45, 2.75) is 13.3 Å². The van der Waals surface area contributed by atoms with Crippen molar-refractivity contribution in [3.8, 4) is 0 Å². The molecule has 0 saturated carbocycles. The van der Waals surface area contributed by atoms with E-state index >= 15 is 0 Å². The van der Waals surface area contributed by atoms with Gasteiger partial charge in [-0.25, -0.2) is 0 Å². The highest BCUT2D eigenvalue weighted by Crippen LogP contribution is 1.98. The van der Waals surface area contributed by atoms with Crippen molar-refractivity contribution < 1.29 is 0 Å². The van der Waals surface area contributed by atoms with Crippen LogP contribution in [-0.2, 0) is 6.42 Å². The maximum absolute atomic E-state index is 3.66. The first-order valence-corrected chi connectivity index (χ1v) is 4.07.